The van der Waals surface area contributed by atoms with Gasteiger partial charge < -0.3 is 25.7 Å². The largest absolute Gasteiger partial charge is 0.451 e. The number of furan rings is 1. The van der Waals surface area contributed by atoms with Crippen LogP contribution in [-0.4, -0.2) is 48.0 Å². The average molecular weight is 615 g/mol. The van der Waals surface area contributed by atoms with Gasteiger partial charge in [-0.1, -0.05) is 80.6 Å². The van der Waals surface area contributed by atoms with Crippen LogP contribution in [0, 0.1) is 18.8 Å². The van der Waals surface area contributed by atoms with Gasteiger partial charge in [0.1, 0.15) is 11.6 Å². The first-order valence-corrected chi connectivity index (χ1v) is 16.0. The van der Waals surface area contributed by atoms with E-state index in [1.165, 1.54) is 0 Å². The van der Waals surface area contributed by atoms with Crippen molar-refractivity contribution in [2.24, 2.45) is 11.8 Å². The third-order valence-electron chi connectivity index (χ3n) is 9.04. The average Bonchev–Trinajstić information content (AvgIpc) is 3.40. The second-order valence-corrected chi connectivity index (χ2v) is 12.3. The predicted molar refractivity (Wildman–Crippen MR) is 169 cm³/mol. The van der Waals surface area contributed by atoms with Crippen molar-refractivity contribution in [2.75, 3.05) is 6.54 Å². The Morgan fingerprint density at radius 1 is 0.867 bits per heavy atom. The lowest BCUT2D eigenvalue weighted by atomic mass is 9.84. The quantitative estimate of drug-likeness (QED) is 0.226. The highest BCUT2D eigenvalue weighted by molar-refractivity contribution is 6.38. The number of fused-ring (bicyclic) bond motifs is 1. The maximum absolute atomic E-state index is 13.9. The minimum Gasteiger partial charge on any atom is -0.451 e. The van der Waals surface area contributed by atoms with Crippen molar-refractivity contribution in [1.82, 2.24) is 21.3 Å². The second kappa shape index (κ2) is 15.0. The molecule has 2 aromatic carbocycles. The van der Waals surface area contributed by atoms with E-state index >= 15 is 0 Å². The van der Waals surface area contributed by atoms with Crippen LogP contribution in [0.3, 0.4) is 0 Å². The van der Waals surface area contributed by atoms with Crippen LogP contribution in [0.25, 0.3) is 11.0 Å². The summed E-state index contributed by atoms with van der Waals surface area (Å²) < 4.78 is 5.86. The number of carbonyl (C=O) groups is 5. The van der Waals surface area contributed by atoms with Crippen LogP contribution < -0.4 is 21.3 Å². The summed E-state index contributed by atoms with van der Waals surface area (Å²) in [4.78, 5) is 66.7. The smallest absolute Gasteiger partial charge is 0.289 e. The summed E-state index contributed by atoms with van der Waals surface area (Å²) in [6.07, 6.45) is 6.78. The number of para-hydroxylation sites is 1. The fourth-order valence-electron chi connectivity index (χ4n) is 6.47. The van der Waals surface area contributed by atoms with Crippen molar-refractivity contribution in [2.45, 2.75) is 83.3 Å². The Balaban J connectivity index is 1.35. The normalized spacial score (nSPS) is 18.4. The van der Waals surface area contributed by atoms with Crippen molar-refractivity contribution in [3.05, 3.63) is 71.5 Å². The Morgan fingerprint density at radius 2 is 1.60 bits per heavy atom. The van der Waals surface area contributed by atoms with Crippen LogP contribution >= 0.6 is 0 Å². The Morgan fingerprint density at radius 3 is 2.33 bits per heavy atom. The molecule has 3 aromatic rings. The maximum Gasteiger partial charge on any atom is 0.289 e. The molecule has 45 heavy (non-hydrogen) atoms. The molecule has 1 saturated carbocycles. The molecule has 4 amide bonds. The van der Waals surface area contributed by atoms with Gasteiger partial charge in [-0.25, -0.2) is 0 Å². The molecule has 1 unspecified atom stereocenters. The molecule has 2 heterocycles. The van der Waals surface area contributed by atoms with Gasteiger partial charge in [0.2, 0.25) is 17.6 Å². The standard InChI is InChI=1S/C35H42N4O6/c1-22-26-16-8-9-17-29(26)45-31(22)35(44)39-28(19-23-11-4-2-5-12-23)33(42)38-27(20-25-15-10-18-36-32(25)41)30(40)34(43)37-21-24-13-6-3-7-14-24/h3,6-9,13-14,16-17,23,25,27-28H,2,4-5,10-12,15,18-21H2,1H3,(H,36,41)(H,37,43)(H,38,42)(H,39,44)/t25-,27-,28?/m0/s1. The zero-order valence-electron chi connectivity index (χ0n) is 25.7. The van der Waals surface area contributed by atoms with E-state index in [2.05, 4.69) is 21.3 Å². The van der Waals surface area contributed by atoms with Gasteiger partial charge in [0.15, 0.2) is 5.76 Å². The molecule has 1 aliphatic carbocycles. The van der Waals surface area contributed by atoms with E-state index in [0.717, 1.165) is 49.5 Å². The number of nitrogens with one attached hydrogen (secondary N) is 4. The van der Waals surface area contributed by atoms with Crippen molar-refractivity contribution in [1.29, 1.82) is 0 Å². The van der Waals surface area contributed by atoms with E-state index in [9.17, 15) is 24.0 Å². The topological polar surface area (TPSA) is 147 Å². The lowest BCUT2D eigenvalue weighted by Gasteiger charge is -2.29. The number of hydrogen-bond donors (Lipinski definition) is 4. The molecule has 4 N–H and O–H groups in total. The fourth-order valence-corrected chi connectivity index (χ4v) is 6.47. The number of rotatable bonds is 12. The van der Waals surface area contributed by atoms with E-state index in [0.29, 0.717) is 30.5 Å². The van der Waals surface area contributed by atoms with Crippen molar-refractivity contribution < 1.29 is 28.4 Å². The Kier molecular flexibility index (Phi) is 10.7. The highest BCUT2D eigenvalue weighted by atomic mass is 16.3. The van der Waals surface area contributed by atoms with Crippen LogP contribution in [0.5, 0.6) is 0 Å². The summed E-state index contributed by atoms with van der Waals surface area (Å²) in [5.41, 5.74) is 2.07. The molecule has 238 valence electrons. The number of aryl methyl sites for hydroxylation is 1. The molecule has 2 aliphatic rings. The van der Waals surface area contributed by atoms with Gasteiger partial charge >= 0.3 is 0 Å². The van der Waals surface area contributed by atoms with Gasteiger partial charge in [0.25, 0.3) is 11.8 Å². The lowest BCUT2D eigenvalue weighted by molar-refractivity contribution is -0.141. The summed E-state index contributed by atoms with van der Waals surface area (Å²) in [7, 11) is 0. The zero-order chi connectivity index (χ0) is 31.8. The van der Waals surface area contributed by atoms with E-state index in [1.807, 2.05) is 48.5 Å². The third-order valence-corrected chi connectivity index (χ3v) is 9.04. The zero-order valence-corrected chi connectivity index (χ0v) is 25.7. The first-order chi connectivity index (χ1) is 21.8. The Hall–Kier alpha value is -4.47. The predicted octanol–water partition coefficient (Wildman–Crippen LogP) is 4.10. The fraction of sp³-hybridized carbons (Fsp3) is 0.457. The van der Waals surface area contributed by atoms with Gasteiger partial charge in [-0.15, -0.1) is 0 Å². The molecular weight excluding hydrogens is 572 g/mol. The van der Waals surface area contributed by atoms with Gasteiger partial charge in [-0.2, -0.15) is 0 Å². The van der Waals surface area contributed by atoms with Crippen LogP contribution in [0.4, 0.5) is 0 Å². The molecule has 10 heteroatoms. The molecule has 1 aliphatic heterocycles. The van der Waals surface area contributed by atoms with Crippen LogP contribution in [0.15, 0.2) is 59.0 Å². The summed E-state index contributed by atoms with van der Waals surface area (Å²) in [6.45, 7) is 2.50. The van der Waals surface area contributed by atoms with Gasteiger partial charge in [-0.05, 0) is 50.2 Å². The SMILES string of the molecule is Cc1c(C(=O)NC(CC2CCCCC2)C(=O)N[C@@H](C[C@@H]2CCCNC2=O)C(=O)C(=O)NCc2ccccc2)oc2ccccc12. The molecule has 0 bridgehead atoms. The Labute approximate surface area is 263 Å². The number of ketones is 1. The van der Waals surface area contributed by atoms with Crippen molar-refractivity contribution in [3.8, 4) is 0 Å². The highest BCUT2D eigenvalue weighted by Gasteiger charge is 2.36. The summed E-state index contributed by atoms with van der Waals surface area (Å²) in [5, 5.41) is 11.9. The molecule has 1 saturated heterocycles. The molecule has 2 fully saturated rings. The maximum atomic E-state index is 13.9. The van der Waals surface area contributed by atoms with E-state index in [1.54, 1.807) is 13.0 Å². The molecule has 0 spiro atoms. The molecule has 5 rings (SSSR count). The molecule has 1 aromatic heterocycles. The van der Waals surface area contributed by atoms with Gasteiger partial charge in [-0.3, -0.25) is 24.0 Å². The van der Waals surface area contributed by atoms with E-state index in [4.69, 9.17) is 4.42 Å². The molecule has 3 atom stereocenters. The molecule has 0 radical (unpaired) electrons. The number of hydrogen-bond acceptors (Lipinski definition) is 6. The lowest BCUT2D eigenvalue weighted by Crippen LogP contribution is -2.55. The van der Waals surface area contributed by atoms with Crippen molar-refractivity contribution in [3.63, 3.8) is 0 Å². The van der Waals surface area contributed by atoms with Crippen LogP contribution in [-0.2, 0) is 25.7 Å². The number of amides is 4. The highest BCUT2D eigenvalue weighted by Crippen LogP contribution is 2.29. The number of carbonyl (C=O) groups excluding carboxylic acids is 5. The minimum absolute atomic E-state index is 0.0120. The number of piperidine rings is 1. The Bertz CT molecular complexity index is 1530. The van der Waals surface area contributed by atoms with Crippen LogP contribution in [0.2, 0.25) is 0 Å². The summed E-state index contributed by atoms with van der Waals surface area (Å²) in [6, 6.07) is 14.3. The summed E-state index contributed by atoms with van der Waals surface area (Å²) >= 11 is 0. The van der Waals surface area contributed by atoms with E-state index < -0.39 is 41.5 Å². The third kappa shape index (κ3) is 8.17. The van der Waals surface area contributed by atoms with Gasteiger partial charge in [0.05, 0.1) is 6.04 Å². The number of Topliss-reactive ketones (excluding diaryl/α,β-unsaturated/α-hetero) is 1. The minimum atomic E-state index is -1.24. The first-order valence-electron chi connectivity index (χ1n) is 16.0. The van der Waals surface area contributed by atoms with Crippen molar-refractivity contribution >= 4 is 40.4 Å². The molecular formula is C35H42N4O6. The summed E-state index contributed by atoms with van der Waals surface area (Å²) in [5.74, 6) is -3.13. The van der Waals surface area contributed by atoms with Crippen LogP contribution in [0.1, 0.15) is 79.5 Å². The number of benzene rings is 2. The first kappa shape index (κ1) is 31.9. The van der Waals surface area contributed by atoms with E-state index in [-0.39, 0.29) is 30.6 Å². The molecule has 10 nitrogen and oxygen atoms in total. The second-order valence-electron chi connectivity index (χ2n) is 12.3. The monoisotopic (exact) mass is 614 g/mol. The van der Waals surface area contributed by atoms with Gasteiger partial charge in [0, 0.05) is 30.0 Å².